The number of amides is 1. The van der Waals surface area contributed by atoms with Gasteiger partial charge in [-0.15, -0.1) is 0 Å². The van der Waals surface area contributed by atoms with Crippen LogP contribution in [0.2, 0.25) is 0 Å². The van der Waals surface area contributed by atoms with Crippen molar-refractivity contribution in [1.82, 2.24) is 4.90 Å². The first-order valence-corrected chi connectivity index (χ1v) is 3.04. The normalized spacial score (nSPS) is 11.9. The van der Waals surface area contributed by atoms with Gasteiger partial charge in [-0.1, -0.05) is 0 Å². The number of hydrogen-bond donors (Lipinski definition) is 1. The summed E-state index contributed by atoms with van der Waals surface area (Å²) in [4.78, 5) is 22.0. The summed E-state index contributed by atoms with van der Waals surface area (Å²) in [6, 6.07) is -0.859. The van der Waals surface area contributed by atoms with Gasteiger partial charge in [-0.3, -0.25) is 4.90 Å². The fourth-order valence-electron chi connectivity index (χ4n) is 0.468. The molecule has 0 aromatic heterocycles. The summed E-state index contributed by atoms with van der Waals surface area (Å²) < 4.78 is 4.31. The Kier molecular flexibility index (Phi) is 3.36. The highest BCUT2D eigenvalue weighted by Crippen LogP contribution is 1.97. The molecule has 0 unspecified atom stereocenters. The maximum absolute atomic E-state index is 10.7. The van der Waals surface area contributed by atoms with Crippen LogP contribution in [0.4, 0.5) is 4.79 Å². The van der Waals surface area contributed by atoms with Crippen molar-refractivity contribution in [3.63, 3.8) is 0 Å². The molecule has 11 heavy (non-hydrogen) atoms. The van der Waals surface area contributed by atoms with E-state index < -0.39 is 18.1 Å². The lowest BCUT2D eigenvalue weighted by atomic mass is 10.3. The fraction of sp³-hybridized carbons (Fsp3) is 0.667. The van der Waals surface area contributed by atoms with Gasteiger partial charge in [0.05, 0.1) is 7.11 Å². The molecule has 0 heterocycles. The summed E-state index contributed by atoms with van der Waals surface area (Å²) >= 11 is 0. The number of carbonyl (C=O) groups excluding carboxylic acids is 1. The predicted octanol–water partition coefficient (Wildman–Crippen LogP) is 0.158. The van der Waals surface area contributed by atoms with E-state index in [9.17, 15) is 9.59 Å². The smallest absolute Gasteiger partial charge is 0.409 e. The molecule has 0 bridgehead atoms. The average molecular weight is 161 g/mol. The van der Waals surface area contributed by atoms with Gasteiger partial charge in [-0.05, 0) is 6.92 Å². The Hall–Kier alpha value is -1.26. The molecule has 1 amide bonds. The number of methoxy groups -OCH3 is 1. The van der Waals surface area contributed by atoms with Crippen LogP contribution in [0.3, 0.4) is 0 Å². The Labute approximate surface area is 64.6 Å². The molecular formula is C6H11NO4. The van der Waals surface area contributed by atoms with E-state index in [0.29, 0.717) is 0 Å². The van der Waals surface area contributed by atoms with Gasteiger partial charge >= 0.3 is 12.1 Å². The fourth-order valence-corrected chi connectivity index (χ4v) is 0.468. The molecule has 0 saturated carbocycles. The minimum absolute atomic E-state index is 0.653. The summed E-state index contributed by atoms with van der Waals surface area (Å²) in [5.74, 6) is -1.06. The quantitative estimate of drug-likeness (QED) is 0.626. The standard InChI is InChI=1S/C6H11NO4/c1-4(5(8)9)7(2)6(10)11-3/h4H,1-3H3,(H,8,9)/t4-/m1/s1. The molecule has 0 fully saturated rings. The third-order valence-electron chi connectivity index (χ3n) is 1.40. The molecule has 64 valence electrons. The summed E-state index contributed by atoms with van der Waals surface area (Å²) in [7, 11) is 2.57. The van der Waals surface area contributed by atoms with Gasteiger partial charge in [0.15, 0.2) is 0 Å². The first-order valence-electron chi connectivity index (χ1n) is 3.04. The van der Waals surface area contributed by atoms with E-state index in [-0.39, 0.29) is 0 Å². The number of rotatable bonds is 2. The summed E-state index contributed by atoms with van der Waals surface area (Å²) in [5.41, 5.74) is 0. The van der Waals surface area contributed by atoms with E-state index in [1.165, 1.54) is 21.1 Å². The molecule has 0 radical (unpaired) electrons. The van der Waals surface area contributed by atoms with E-state index in [1.54, 1.807) is 0 Å². The highest BCUT2D eigenvalue weighted by atomic mass is 16.5. The monoisotopic (exact) mass is 161 g/mol. The van der Waals surface area contributed by atoms with Crippen molar-refractivity contribution in [2.45, 2.75) is 13.0 Å². The van der Waals surface area contributed by atoms with Crippen LogP contribution < -0.4 is 0 Å². The minimum Gasteiger partial charge on any atom is -0.480 e. The summed E-state index contributed by atoms with van der Waals surface area (Å²) in [5, 5.41) is 8.45. The Morgan fingerprint density at radius 3 is 2.27 bits per heavy atom. The van der Waals surface area contributed by atoms with Crippen LogP contribution in [-0.2, 0) is 9.53 Å². The van der Waals surface area contributed by atoms with Gasteiger partial charge in [0.25, 0.3) is 0 Å². The van der Waals surface area contributed by atoms with Crippen LogP contribution in [0.15, 0.2) is 0 Å². The average Bonchev–Trinajstić information content (AvgIpc) is 2.00. The molecule has 1 N–H and O–H groups in total. The third kappa shape index (κ3) is 2.45. The van der Waals surface area contributed by atoms with Crippen molar-refractivity contribution >= 4 is 12.1 Å². The van der Waals surface area contributed by atoms with Gasteiger partial charge in [-0.25, -0.2) is 9.59 Å². The molecule has 0 spiro atoms. The molecule has 5 nitrogen and oxygen atoms in total. The van der Waals surface area contributed by atoms with Crippen molar-refractivity contribution in [1.29, 1.82) is 0 Å². The number of carboxylic acid groups (broad SMARTS) is 1. The van der Waals surface area contributed by atoms with Crippen molar-refractivity contribution in [3.8, 4) is 0 Å². The lowest BCUT2D eigenvalue weighted by Crippen LogP contribution is -2.40. The Balaban J connectivity index is 4.12. The molecule has 5 heteroatoms. The lowest BCUT2D eigenvalue weighted by molar-refractivity contribution is -0.141. The SMILES string of the molecule is COC(=O)N(C)[C@H](C)C(=O)O. The zero-order valence-electron chi connectivity index (χ0n) is 6.70. The number of carboxylic acids is 1. The first-order chi connectivity index (χ1) is 5.00. The molecule has 0 aromatic rings. The Morgan fingerprint density at radius 1 is 1.55 bits per heavy atom. The van der Waals surface area contributed by atoms with E-state index >= 15 is 0 Å². The molecule has 1 atom stereocenters. The lowest BCUT2D eigenvalue weighted by Gasteiger charge is -2.19. The molecule has 0 rings (SSSR count). The van der Waals surface area contributed by atoms with E-state index in [2.05, 4.69) is 4.74 Å². The largest absolute Gasteiger partial charge is 0.480 e. The molecule has 0 aromatic carbocycles. The summed E-state index contributed by atoms with van der Waals surface area (Å²) in [6.45, 7) is 1.40. The highest BCUT2D eigenvalue weighted by Gasteiger charge is 2.21. The Morgan fingerprint density at radius 2 is 2.00 bits per heavy atom. The van der Waals surface area contributed by atoms with Crippen LogP contribution in [0.25, 0.3) is 0 Å². The van der Waals surface area contributed by atoms with Gasteiger partial charge in [0, 0.05) is 7.05 Å². The Bertz CT molecular complexity index is 168. The maximum atomic E-state index is 10.7. The van der Waals surface area contributed by atoms with Gasteiger partial charge in [0.1, 0.15) is 6.04 Å². The number of likely N-dealkylation sites (N-methyl/N-ethyl adjacent to an activating group) is 1. The van der Waals surface area contributed by atoms with Crippen molar-refractivity contribution < 1.29 is 19.4 Å². The van der Waals surface area contributed by atoms with Crippen LogP contribution in [0.1, 0.15) is 6.92 Å². The number of carbonyl (C=O) groups is 2. The number of aliphatic carboxylic acids is 1. The molecule has 0 aliphatic rings. The van der Waals surface area contributed by atoms with E-state index in [4.69, 9.17) is 5.11 Å². The van der Waals surface area contributed by atoms with Crippen molar-refractivity contribution in [3.05, 3.63) is 0 Å². The van der Waals surface area contributed by atoms with E-state index in [0.717, 1.165) is 4.90 Å². The first kappa shape index (κ1) is 9.74. The van der Waals surface area contributed by atoms with Crippen LogP contribution in [-0.4, -0.2) is 42.3 Å². The van der Waals surface area contributed by atoms with Crippen LogP contribution in [0, 0.1) is 0 Å². The topological polar surface area (TPSA) is 66.8 Å². The number of ether oxygens (including phenoxy) is 1. The molecule has 0 saturated heterocycles. The second-order valence-electron chi connectivity index (χ2n) is 2.10. The van der Waals surface area contributed by atoms with Crippen LogP contribution >= 0.6 is 0 Å². The number of nitrogens with zero attached hydrogens (tertiary/aromatic N) is 1. The minimum atomic E-state index is -1.06. The second kappa shape index (κ2) is 3.80. The highest BCUT2D eigenvalue weighted by molar-refractivity contribution is 5.79. The maximum Gasteiger partial charge on any atom is 0.409 e. The molecule has 0 aliphatic carbocycles. The number of hydrogen-bond acceptors (Lipinski definition) is 3. The van der Waals surface area contributed by atoms with Crippen molar-refractivity contribution in [2.75, 3.05) is 14.2 Å². The van der Waals surface area contributed by atoms with Crippen molar-refractivity contribution in [2.24, 2.45) is 0 Å². The van der Waals surface area contributed by atoms with E-state index in [1.807, 2.05) is 0 Å². The molecular weight excluding hydrogens is 150 g/mol. The zero-order valence-corrected chi connectivity index (χ0v) is 6.70. The van der Waals surface area contributed by atoms with Gasteiger partial charge in [-0.2, -0.15) is 0 Å². The zero-order chi connectivity index (χ0) is 9.02. The summed E-state index contributed by atoms with van der Waals surface area (Å²) in [6.07, 6.45) is -0.653. The van der Waals surface area contributed by atoms with Gasteiger partial charge in [0.2, 0.25) is 0 Å². The second-order valence-corrected chi connectivity index (χ2v) is 2.10. The molecule has 0 aliphatic heterocycles. The van der Waals surface area contributed by atoms with Crippen LogP contribution in [0.5, 0.6) is 0 Å². The third-order valence-corrected chi connectivity index (χ3v) is 1.40. The van der Waals surface area contributed by atoms with Gasteiger partial charge < -0.3 is 9.84 Å². The predicted molar refractivity (Wildman–Crippen MR) is 37.3 cm³/mol.